The second kappa shape index (κ2) is 9.29. The van der Waals surface area contributed by atoms with Crippen LogP contribution in [-0.4, -0.2) is 43.2 Å². The Morgan fingerprint density at radius 1 is 1.03 bits per heavy atom. The van der Waals surface area contributed by atoms with E-state index in [0.29, 0.717) is 11.1 Å². The number of esters is 2. The molecule has 0 saturated heterocycles. The molecule has 0 amide bonds. The first-order valence-electron chi connectivity index (χ1n) is 9.36. The number of carbonyl (C=O) groups is 2. The van der Waals surface area contributed by atoms with Crippen LogP contribution in [0.3, 0.4) is 0 Å². The summed E-state index contributed by atoms with van der Waals surface area (Å²) >= 11 is 0. The van der Waals surface area contributed by atoms with Crippen LogP contribution >= 0.6 is 0 Å². The zero-order valence-corrected chi connectivity index (χ0v) is 17.8. The standard InChI is InChI=1S/C22H20N2O8/c1-12-13-7-5-6-8-15(13)23-16(20(12)22(26)31-4)11-32-21(25)14-9-18(29-2)19(30-3)10-17(14)24(27)28/h5-10H,11H2,1-4H3. The van der Waals surface area contributed by atoms with Gasteiger partial charge in [-0.25, -0.2) is 14.6 Å². The smallest absolute Gasteiger partial charge is 0.345 e. The third-order valence-corrected chi connectivity index (χ3v) is 4.88. The van der Waals surface area contributed by atoms with Crippen molar-refractivity contribution in [1.82, 2.24) is 4.98 Å². The summed E-state index contributed by atoms with van der Waals surface area (Å²) in [6, 6.07) is 9.41. The van der Waals surface area contributed by atoms with Crippen LogP contribution in [0.5, 0.6) is 11.5 Å². The number of methoxy groups -OCH3 is 3. The van der Waals surface area contributed by atoms with Gasteiger partial charge in [0.15, 0.2) is 11.5 Å². The highest BCUT2D eigenvalue weighted by atomic mass is 16.6. The van der Waals surface area contributed by atoms with E-state index in [9.17, 15) is 19.7 Å². The minimum Gasteiger partial charge on any atom is -0.493 e. The molecule has 0 aliphatic heterocycles. The molecule has 3 rings (SSSR count). The SMILES string of the molecule is COC(=O)c1c(COC(=O)c2cc(OC)c(OC)cc2[N+](=O)[O-])nc2ccccc2c1C. The van der Waals surface area contributed by atoms with Crippen molar-refractivity contribution in [2.75, 3.05) is 21.3 Å². The van der Waals surface area contributed by atoms with E-state index in [1.165, 1.54) is 27.4 Å². The Morgan fingerprint density at radius 2 is 1.69 bits per heavy atom. The molecule has 1 aromatic heterocycles. The lowest BCUT2D eigenvalue weighted by Crippen LogP contribution is -2.15. The molecule has 0 aliphatic carbocycles. The van der Waals surface area contributed by atoms with E-state index in [1.807, 2.05) is 12.1 Å². The predicted molar refractivity (Wildman–Crippen MR) is 113 cm³/mol. The number of benzene rings is 2. The molecule has 166 valence electrons. The van der Waals surface area contributed by atoms with E-state index >= 15 is 0 Å². The van der Waals surface area contributed by atoms with Gasteiger partial charge < -0.3 is 18.9 Å². The number of rotatable bonds is 7. The highest BCUT2D eigenvalue weighted by Gasteiger charge is 2.27. The van der Waals surface area contributed by atoms with Gasteiger partial charge in [0.2, 0.25) is 0 Å². The summed E-state index contributed by atoms with van der Waals surface area (Å²) in [7, 11) is 3.89. The fourth-order valence-corrected chi connectivity index (χ4v) is 3.31. The molecule has 0 unspecified atom stereocenters. The largest absolute Gasteiger partial charge is 0.493 e. The van der Waals surface area contributed by atoms with Crippen molar-refractivity contribution in [1.29, 1.82) is 0 Å². The average Bonchev–Trinajstić information content (AvgIpc) is 2.81. The van der Waals surface area contributed by atoms with Crippen LogP contribution in [0.4, 0.5) is 5.69 Å². The molecule has 0 atom stereocenters. The second-order valence-electron chi connectivity index (χ2n) is 6.62. The number of para-hydroxylation sites is 1. The predicted octanol–water partition coefficient (Wildman–Crippen LogP) is 3.61. The van der Waals surface area contributed by atoms with Crippen LogP contribution in [0.25, 0.3) is 10.9 Å². The number of aromatic nitrogens is 1. The topological polar surface area (TPSA) is 127 Å². The number of nitro benzene ring substituents is 1. The molecular formula is C22H20N2O8. The Labute approximate surface area is 182 Å². The first-order chi connectivity index (χ1) is 15.3. The number of hydrogen-bond acceptors (Lipinski definition) is 9. The third-order valence-electron chi connectivity index (χ3n) is 4.88. The quantitative estimate of drug-likeness (QED) is 0.307. The number of hydrogen-bond donors (Lipinski definition) is 0. The Kier molecular flexibility index (Phi) is 6.53. The lowest BCUT2D eigenvalue weighted by Gasteiger charge is -2.14. The second-order valence-corrected chi connectivity index (χ2v) is 6.62. The first-order valence-corrected chi connectivity index (χ1v) is 9.36. The molecule has 10 nitrogen and oxygen atoms in total. The number of ether oxygens (including phenoxy) is 4. The molecule has 10 heteroatoms. The average molecular weight is 440 g/mol. The van der Waals surface area contributed by atoms with Crippen LogP contribution in [-0.2, 0) is 16.1 Å². The maximum Gasteiger partial charge on any atom is 0.345 e. The monoisotopic (exact) mass is 440 g/mol. The molecule has 0 aliphatic rings. The fourth-order valence-electron chi connectivity index (χ4n) is 3.31. The Morgan fingerprint density at radius 3 is 2.31 bits per heavy atom. The van der Waals surface area contributed by atoms with Crippen LogP contribution in [0.2, 0.25) is 0 Å². The van der Waals surface area contributed by atoms with Gasteiger partial charge in [-0.05, 0) is 18.6 Å². The van der Waals surface area contributed by atoms with Crippen molar-refractivity contribution in [3.63, 3.8) is 0 Å². The van der Waals surface area contributed by atoms with E-state index in [0.717, 1.165) is 11.5 Å². The summed E-state index contributed by atoms with van der Waals surface area (Å²) < 4.78 is 20.4. The molecule has 0 saturated carbocycles. The van der Waals surface area contributed by atoms with E-state index in [4.69, 9.17) is 18.9 Å². The third kappa shape index (κ3) is 4.15. The van der Waals surface area contributed by atoms with Crippen LogP contribution < -0.4 is 9.47 Å². The molecule has 1 heterocycles. The van der Waals surface area contributed by atoms with E-state index < -0.39 is 29.2 Å². The number of carbonyl (C=O) groups excluding carboxylic acids is 2. The summed E-state index contributed by atoms with van der Waals surface area (Å²) in [6.45, 7) is 1.33. The normalized spacial score (nSPS) is 10.5. The van der Waals surface area contributed by atoms with E-state index in [2.05, 4.69) is 4.98 Å². The van der Waals surface area contributed by atoms with Crippen LogP contribution in [0.15, 0.2) is 36.4 Å². The van der Waals surface area contributed by atoms with Crippen LogP contribution in [0.1, 0.15) is 32.0 Å². The highest BCUT2D eigenvalue weighted by Crippen LogP contribution is 2.35. The van der Waals surface area contributed by atoms with Crippen molar-refractivity contribution >= 4 is 28.5 Å². The van der Waals surface area contributed by atoms with Gasteiger partial charge in [0, 0.05) is 11.5 Å². The lowest BCUT2D eigenvalue weighted by molar-refractivity contribution is -0.385. The van der Waals surface area contributed by atoms with Gasteiger partial charge >= 0.3 is 11.9 Å². The minimum absolute atomic E-state index is 0.0931. The van der Waals surface area contributed by atoms with Crippen molar-refractivity contribution < 1.29 is 33.5 Å². The van der Waals surface area contributed by atoms with E-state index in [1.54, 1.807) is 19.1 Å². The molecule has 3 aromatic rings. The van der Waals surface area contributed by atoms with Gasteiger partial charge in [0.05, 0.1) is 49.1 Å². The van der Waals surface area contributed by atoms with Crippen molar-refractivity contribution in [3.05, 3.63) is 68.9 Å². The summed E-state index contributed by atoms with van der Waals surface area (Å²) in [5.74, 6) is -1.40. The van der Waals surface area contributed by atoms with Gasteiger partial charge in [-0.1, -0.05) is 18.2 Å². The zero-order valence-electron chi connectivity index (χ0n) is 17.8. The molecular weight excluding hydrogens is 420 g/mol. The van der Waals surface area contributed by atoms with Gasteiger partial charge in [0.1, 0.15) is 12.2 Å². The number of nitro groups is 1. The highest BCUT2D eigenvalue weighted by molar-refractivity contribution is 5.98. The number of pyridine rings is 1. The Balaban J connectivity index is 2.01. The number of nitrogens with zero attached hydrogens (tertiary/aromatic N) is 2. The molecule has 0 N–H and O–H groups in total. The maximum absolute atomic E-state index is 12.7. The van der Waals surface area contributed by atoms with Crippen LogP contribution in [0, 0.1) is 17.0 Å². The molecule has 0 bridgehead atoms. The number of aryl methyl sites for hydroxylation is 1. The van der Waals surface area contributed by atoms with Crippen molar-refractivity contribution in [2.45, 2.75) is 13.5 Å². The van der Waals surface area contributed by atoms with Gasteiger partial charge in [0.25, 0.3) is 5.69 Å². The fraction of sp³-hybridized carbons (Fsp3) is 0.227. The summed E-state index contributed by atoms with van der Waals surface area (Å²) in [5.41, 5.74) is 0.713. The van der Waals surface area contributed by atoms with Crippen molar-refractivity contribution in [2.24, 2.45) is 0 Å². The zero-order chi connectivity index (χ0) is 23.4. The molecule has 0 fully saturated rings. The number of fused-ring (bicyclic) bond motifs is 1. The first kappa shape index (κ1) is 22.5. The molecule has 0 spiro atoms. The molecule has 2 aromatic carbocycles. The van der Waals surface area contributed by atoms with Crippen molar-refractivity contribution in [3.8, 4) is 11.5 Å². The van der Waals surface area contributed by atoms with Gasteiger partial charge in [-0.2, -0.15) is 0 Å². The molecule has 32 heavy (non-hydrogen) atoms. The van der Waals surface area contributed by atoms with E-state index in [-0.39, 0.29) is 28.3 Å². The minimum atomic E-state index is -0.985. The Bertz CT molecular complexity index is 1220. The van der Waals surface area contributed by atoms with Gasteiger partial charge in [-0.15, -0.1) is 0 Å². The van der Waals surface area contributed by atoms with Gasteiger partial charge in [-0.3, -0.25) is 10.1 Å². The summed E-state index contributed by atoms with van der Waals surface area (Å²) in [6.07, 6.45) is 0. The maximum atomic E-state index is 12.7. The summed E-state index contributed by atoms with van der Waals surface area (Å²) in [4.78, 5) is 40.3. The molecule has 0 radical (unpaired) electrons. The Hall–Kier alpha value is -4.21. The summed E-state index contributed by atoms with van der Waals surface area (Å²) in [5, 5.41) is 12.2. The lowest BCUT2D eigenvalue weighted by atomic mass is 10.0.